The average molecular weight is 618 g/mol. The minimum absolute atomic E-state index is 0.0348. The Morgan fingerprint density at radius 1 is 0.870 bits per heavy atom. The lowest BCUT2D eigenvalue weighted by Gasteiger charge is -2.34. The molecule has 46 heavy (non-hydrogen) atoms. The van der Waals surface area contributed by atoms with Gasteiger partial charge in [0.1, 0.15) is 24.9 Å². The second-order valence-corrected chi connectivity index (χ2v) is 11.5. The number of carbonyl (C=O) groups excluding carboxylic acids is 2. The first-order chi connectivity index (χ1) is 22.6. The van der Waals surface area contributed by atoms with E-state index in [1.54, 1.807) is 17.0 Å². The molecule has 2 saturated heterocycles. The van der Waals surface area contributed by atoms with E-state index in [1.807, 2.05) is 84.9 Å². The van der Waals surface area contributed by atoms with Gasteiger partial charge in [-0.2, -0.15) is 4.98 Å². The standard InChI is InChI=1S/C36H35N5O5/c42-35-23-39(17-18-40(35)32-12-7-13-34(38-32)45-24-26-8-3-1-4-9-26)22-33-37-30-15-14-28(20-31(30)41(33)21-29-16-19-44-29)36(43)46-25-27-10-5-2-6-11-27/h1-15,20,29H,16-19,21-25H2. The van der Waals surface area contributed by atoms with E-state index < -0.39 is 0 Å². The molecule has 234 valence electrons. The SMILES string of the molecule is O=C(OCc1ccccc1)c1ccc2nc(CN3CCN(c4cccc(OCc5ccccc5)n4)C(=O)C3)n(CC3CCO3)c2c1. The zero-order valence-electron chi connectivity index (χ0n) is 25.5. The Morgan fingerprint density at radius 2 is 1.63 bits per heavy atom. The lowest BCUT2D eigenvalue weighted by molar-refractivity contribution is -0.121. The van der Waals surface area contributed by atoms with Crippen LogP contribution in [0.2, 0.25) is 0 Å². The lowest BCUT2D eigenvalue weighted by Crippen LogP contribution is -2.50. The van der Waals surface area contributed by atoms with Crippen LogP contribution in [0.25, 0.3) is 11.0 Å². The summed E-state index contributed by atoms with van der Waals surface area (Å²) in [4.78, 5) is 39.7. The van der Waals surface area contributed by atoms with Gasteiger partial charge >= 0.3 is 5.97 Å². The predicted molar refractivity (Wildman–Crippen MR) is 172 cm³/mol. The van der Waals surface area contributed by atoms with Crippen molar-refractivity contribution in [1.29, 1.82) is 0 Å². The van der Waals surface area contributed by atoms with Gasteiger partial charge in [0.15, 0.2) is 0 Å². The fourth-order valence-electron chi connectivity index (χ4n) is 5.73. The molecule has 2 aliphatic heterocycles. The van der Waals surface area contributed by atoms with E-state index in [0.29, 0.717) is 50.0 Å². The van der Waals surface area contributed by atoms with Crippen molar-refractivity contribution in [3.63, 3.8) is 0 Å². The van der Waals surface area contributed by atoms with Crippen molar-refractivity contribution in [2.24, 2.45) is 0 Å². The summed E-state index contributed by atoms with van der Waals surface area (Å²) < 4.78 is 19.4. The number of anilines is 1. The van der Waals surface area contributed by atoms with Crippen LogP contribution in [0.15, 0.2) is 97.1 Å². The average Bonchev–Trinajstić information content (AvgIpc) is 3.41. The molecule has 1 atom stereocenters. The summed E-state index contributed by atoms with van der Waals surface area (Å²) >= 11 is 0. The number of aromatic nitrogens is 3. The summed E-state index contributed by atoms with van der Waals surface area (Å²) in [6.07, 6.45) is 1.06. The van der Waals surface area contributed by atoms with E-state index >= 15 is 0 Å². The van der Waals surface area contributed by atoms with Crippen molar-refractivity contribution in [3.8, 4) is 5.88 Å². The third kappa shape index (κ3) is 6.78. The summed E-state index contributed by atoms with van der Waals surface area (Å²) in [7, 11) is 0. The number of amides is 1. The molecule has 4 heterocycles. The van der Waals surface area contributed by atoms with Crippen LogP contribution in [-0.4, -0.2) is 63.7 Å². The Bertz CT molecular complexity index is 1820. The molecular weight excluding hydrogens is 582 g/mol. The van der Waals surface area contributed by atoms with Gasteiger partial charge in [0.2, 0.25) is 11.8 Å². The van der Waals surface area contributed by atoms with Crippen LogP contribution in [0.4, 0.5) is 5.82 Å². The number of hydrogen-bond donors (Lipinski definition) is 0. The van der Waals surface area contributed by atoms with E-state index in [1.165, 1.54) is 0 Å². The largest absolute Gasteiger partial charge is 0.473 e. The molecule has 10 heteroatoms. The minimum atomic E-state index is -0.384. The van der Waals surface area contributed by atoms with E-state index in [-0.39, 0.29) is 31.1 Å². The molecule has 0 radical (unpaired) electrons. The van der Waals surface area contributed by atoms with Gasteiger partial charge in [0, 0.05) is 25.8 Å². The van der Waals surface area contributed by atoms with E-state index in [4.69, 9.17) is 19.2 Å². The second-order valence-electron chi connectivity index (χ2n) is 11.5. The van der Waals surface area contributed by atoms with Crippen LogP contribution in [-0.2, 0) is 40.6 Å². The number of piperazine rings is 1. The van der Waals surface area contributed by atoms with Gasteiger partial charge < -0.3 is 18.8 Å². The third-order valence-electron chi connectivity index (χ3n) is 8.34. The Hall–Kier alpha value is -5.06. The maximum absolute atomic E-state index is 13.4. The molecule has 2 aromatic heterocycles. The first-order valence-corrected chi connectivity index (χ1v) is 15.6. The molecular formula is C36H35N5O5. The van der Waals surface area contributed by atoms with Gasteiger partial charge in [0.05, 0.1) is 42.3 Å². The highest BCUT2D eigenvalue weighted by atomic mass is 16.5. The van der Waals surface area contributed by atoms with Crippen LogP contribution in [0.1, 0.15) is 33.7 Å². The molecule has 1 unspecified atom stereocenters. The molecule has 2 fully saturated rings. The number of imidazole rings is 1. The number of hydrogen-bond acceptors (Lipinski definition) is 8. The number of benzene rings is 3. The van der Waals surface area contributed by atoms with Crippen molar-refractivity contribution in [3.05, 3.63) is 120 Å². The van der Waals surface area contributed by atoms with Gasteiger partial charge in [-0.15, -0.1) is 0 Å². The third-order valence-corrected chi connectivity index (χ3v) is 8.34. The van der Waals surface area contributed by atoms with Crippen molar-refractivity contribution >= 4 is 28.7 Å². The molecule has 5 aromatic rings. The fourth-order valence-corrected chi connectivity index (χ4v) is 5.73. The highest BCUT2D eigenvalue weighted by Gasteiger charge is 2.29. The molecule has 0 N–H and O–H groups in total. The number of ether oxygens (including phenoxy) is 3. The second kappa shape index (κ2) is 13.5. The number of carbonyl (C=O) groups is 2. The van der Waals surface area contributed by atoms with Gasteiger partial charge in [-0.1, -0.05) is 66.7 Å². The molecule has 0 saturated carbocycles. The zero-order valence-corrected chi connectivity index (χ0v) is 25.5. The summed E-state index contributed by atoms with van der Waals surface area (Å²) in [5, 5.41) is 0. The minimum Gasteiger partial charge on any atom is -0.473 e. The van der Waals surface area contributed by atoms with Crippen molar-refractivity contribution in [2.75, 3.05) is 31.1 Å². The number of esters is 1. The van der Waals surface area contributed by atoms with Gasteiger partial charge in [-0.3, -0.25) is 14.6 Å². The zero-order chi connectivity index (χ0) is 31.3. The van der Waals surface area contributed by atoms with Crippen LogP contribution < -0.4 is 9.64 Å². The maximum Gasteiger partial charge on any atom is 0.338 e. The van der Waals surface area contributed by atoms with E-state index in [2.05, 4.69) is 14.5 Å². The van der Waals surface area contributed by atoms with E-state index in [9.17, 15) is 9.59 Å². The van der Waals surface area contributed by atoms with E-state index in [0.717, 1.165) is 41.0 Å². The van der Waals surface area contributed by atoms with Crippen LogP contribution in [0, 0.1) is 0 Å². The molecule has 0 aliphatic carbocycles. The molecule has 2 aliphatic rings. The number of rotatable bonds is 11. The van der Waals surface area contributed by atoms with Gasteiger partial charge in [-0.05, 0) is 41.8 Å². The first kappa shape index (κ1) is 29.6. The Morgan fingerprint density at radius 3 is 2.35 bits per heavy atom. The lowest BCUT2D eigenvalue weighted by atomic mass is 10.1. The van der Waals surface area contributed by atoms with Crippen LogP contribution in [0.5, 0.6) is 5.88 Å². The predicted octanol–water partition coefficient (Wildman–Crippen LogP) is 5.01. The Labute approximate surface area is 267 Å². The number of nitrogens with zero attached hydrogens (tertiary/aromatic N) is 5. The summed E-state index contributed by atoms with van der Waals surface area (Å²) in [5.41, 5.74) is 4.09. The number of pyridine rings is 1. The molecule has 0 bridgehead atoms. The normalized spacial score (nSPS) is 16.7. The highest BCUT2D eigenvalue weighted by Crippen LogP contribution is 2.25. The summed E-state index contributed by atoms with van der Waals surface area (Å²) in [6, 6.07) is 30.5. The van der Waals surface area contributed by atoms with Crippen molar-refractivity contribution < 1.29 is 23.8 Å². The fraction of sp³-hybridized carbons (Fsp3) is 0.278. The molecule has 7 rings (SSSR count). The van der Waals surface area contributed by atoms with Crippen LogP contribution in [0.3, 0.4) is 0 Å². The maximum atomic E-state index is 13.4. The molecule has 0 spiro atoms. The van der Waals surface area contributed by atoms with Gasteiger partial charge in [0.25, 0.3) is 0 Å². The molecule has 1 amide bonds. The monoisotopic (exact) mass is 617 g/mol. The van der Waals surface area contributed by atoms with Crippen molar-refractivity contribution in [2.45, 2.75) is 38.8 Å². The van der Waals surface area contributed by atoms with Gasteiger partial charge in [-0.25, -0.2) is 9.78 Å². The summed E-state index contributed by atoms with van der Waals surface area (Å²) in [5.74, 6) is 1.47. The highest BCUT2D eigenvalue weighted by molar-refractivity contribution is 5.95. The Balaban J connectivity index is 1.03. The number of fused-ring (bicyclic) bond motifs is 1. The Kier molecular flexibility index (Phi) is 8.71. The first-order valence-electron chi connectivity index (χ1n) is 15.6. The molecule has 10 nitrogen and oxygen atoms in total. The van der Waals surface area contributed by atoms with Crippen molar-refractivity contribution in [1.82, 2.24) is 19.4 Å². The topological polar surface area (TPSA) is 99.0 Å². The van der Waals surface area contributed by atoms with Crippen LogP contribution >= 0.6 is 0 Å². The molecule has 3 aromatic carbocycles. The quantitative estimate of drug-likeness (QED) is 0.191. The smallest absolute Gasteiger partial charge is 0.338 e. The summed E-state index contributed by atoms with van der Waals surface area (Å²) in [6.45, 7) is 3.86.